The van der Waals surface area contributed by atoms with Crippen molar-refractivity contribution in [3.63, 3.8) is 0 Å². The van der Waals surface area contributed by atoms with Crippen LogP contribution in [0.25, 0.3) is 0 Å². The van der Waals surface area contributed by atoms with Crippen LogP contribution in [-0.2, 0) is 0 Å². The van der Waals surface area contributed by atoms with Crippen LogP contribution in [0.2, 0.25) is 0 Å². The number of halogens is 1. The molecule has 1 aromatic carbocycles. The Morgan fingerprint density at radius 2 is 1.62 bits per heavy atom. The molecule has 0 amide bonds. The van der Waals surface area contributed by atoms with E-state index in [4.69, 9.17) is 4.74 Å². The minimum absolute atomic E-state index is 0. The van der Waals surface area contributed by atoms with Crippen molar-refractivity contribution in [1.82, 2.24) is 0 Å². The van der Waals surface area contributed by atoms with Crippen molar-refractivity contribution in [2.45, 2.75) is 65.2 Å². The van der Waals surface area contributed by atoms with Crippen LogP contribution in [-0.4, -0.2) is 29.7 Å². The molecule has 1 rings (SSSR count). The molecule has 1 aromatic rings. The van der Waals surface area contributed by atoms with E-state index in [-0.39, 0.29) is 35.5 Å². The zero-order chi connectivity index (χ0) is 14.2. The van der Waals surface area contributed by atoms with E-state index in [2.05, 4.69) is 26.8 Å². The van der Waals surface area contributed by atoms with E-state index in [1.165, 1.54) is 38.5 Å². The summed E-state index contributed by atoms with van der Waals surface area (Å²) in [6.07, 6.45) is 10.1. The molecule has 118 valence electrons. The van der Waals surface area contributed by atoms with Crippen molar-refractivity contribution >= 4 is 35.5 Å². The van der Waals surface area contributed by atoms with E-state index in [9.17, 15) is 0 Å². The van der Waals surface area contributed by atoms with Gasteiger partial charge in [0, 0.05) is 5.75 Å². The van der Waals surface area contributed by atoms with Crippen LogP contribution in [0.1, 0.15) is 65.2 Å². The molecule has 0 fully saturated rings. The molecule has 0 saturated heterocycles. The third-order valence-electron chi connectivity index (χ3n) is 2.79. The molecule has 1 nitrogen and oxygen atoms in total. The second-order valence-corrected chi connectivity index (χ2v) is 4.70. The largest absolute Gasteiger partial charge is 2.00 e. The van der Waals surface area contributed by atoms with E-state index in [0.29, 0.717) is 0 Å². The fourth-order valence-electron chi connectivity index (χ4n) is 1.53. The number of hydrogen-bond acceptors (Lipinski definition) is 1. The molecule has 0 aromatic heterocycles. The summed E-state index contributed by atoms with van der Waals surface area (Å²) in [6, 6.07) is 10.8. The van der Waals surface area contributed by atoms with Crippen molar-refractivity contribution in [2.75, 3.05) is 6.61 Å². The molecule has 0 N–H and O–H groups in total. The minimum Gasteiger partial charge on any atom is -0.519 e. The molecule has 0 radical (unpaired) electrons. The first-order chi connectivity index (χ1) is 9.35. The first-order valence-corrected chi connectivity index (χ1v) is 7.73. The number of benzene rings is 1. The third-order valence-corrected chi connectivity index (χ3v) is 2.79. The van der Waals surface area contributed by atoms with Gasteiger partial charge in [-0.05, 0) is 6.42 Å². The van der Waals surface area contributed by atoms with Gasteiger partial charge in [0.25, 0.3) is 0 Å². The summed E-state index contributed by atoms with van der Waals surface area (Å²) >= 11 is 0. The average Bonchev–Trinajstić information content (AvgIpc) is 2.48. The summed E-state index contributed by atoms with van der Waals surface area (Å²) in [5, 5.41) is 0. The minimum atomic E-state index is 0. The van der Waals surface area contributed by atoms with Crippen LogP contribution < -0.4 is 4.74 Å². The molecule has 0 atom stereocenters. The standard InChI is InChI=1S/C14H21O.C4H9.ClH.Mg/c1-2-3-4-5-6-10-13-15-14-11-8-7-9-12-14;1-3-4-2;;/h7-9,11H,2-6,10,13H2,1H3;1,3-4H2,2H3;1H;/q2*-1;;+2. The van der Waals surface area contributed by atoms with Crippen LogP contribution in [0.5, 0.6) is 5.75 Å². The molecule has 0 saturated carbocycles. The molecule has 0 aliphatic rings. The average molecular weight is 323 g/mol. The normalized spacial score (nSPS) is 8.71. The molecule has 0 spiro atoms. The van der Waals surface area contributed by atoms with E-state index in [1.54, 1.807) is 0 Å². The molecule has 3 heteroatoms. The molecular formula is C18H31ClMgO. The van der Waals surface area contributed by atoms with E-state index >= 15 is 0 Å². The number of unbranched alkanes of at least 4 members (excludes halogenated alkanes) is 6. The Morgan fingerprint density at radius 1 is 1.00 bits per heavy atom. The van der Waals surface area contributed by atoms with Gasteiger partial charge in [0.15, 0.2) is 0 Å². The van der Waals surface area contributed by atoms with Gasteiger partial charge in [-0.25, -0.2) is 0 Å². The first kappa shape index (κ1) is 26.0. The maximum Gasteiger partial charge on any atom is 2.00 e. The van der Waals surface area contributed by atoms with E-state index < -0.39 is 0 Å². The predicted octanol–water partition coefficient (Wildman–Crippen LogP) is 5.89. The second-order valence-electron chi connectivity index (χ2n) is 4.70. The summed E-state index contributed by atoms with van der Waals surface area (Å²) in [5.41, 5.74) is 0. The van der Waals surface area contributed by atoms with Crippen LogP contribution in [0.4, 0.5) is 0 Å². The quantitative estimate of drug-likeness (QED) is 0.313. The van der Waals surface area contributed by atoms with Gasteiger partial charge < -0.3 is 11.7 Å². The summed E-state index contributed by atoms with van der Waals surface area (Å²) in [7, 11) is 0. The summed E-state index contributed by atoms with van der Waals surface area (Å²) < 4.78 is 5.56. The number of ether oxygens (including phenoxy) is 1. The van der Waals surface area contributed by atoms with Gasteiger partial charge in [0.05, 0.1) is 6.61 Å². The monoisotopic (exact) mass is 322 g/mol. The van der Waals surface area contributed by atoms with Crippen molar-refractivity contribution < 1.29 is 4.74 Å². The van der Waals surface area contributed by atoms with E-state index in [0.717, 1.165) is 25.2 Å². The maximum absolute atomic E-state index is 5.56. The van der Waals surface area contributed by atoms with Gasteiger partial charge in [-0.3, -0.25) is 0 Å². The Bertz CT molecular complexity index is 265. The molecule has 0 bridgehead atoms. The van der Waals surface area contributed by atoms with Crippen LogP contribution in [0.3, 0.4) is 0 Å². The van der Waals surface area contributed by atoms with Gasteiger partial charge >= 0.3 is 23.1 Å². The van der Waals surface area contributed by atoms with Crippen molar-refractivity contribution in [3.8, 4) is 5.75 Å². The second kappa shape index (κ2) is 22.4. The Kier molecular flexibility index (Phi) is 27.7. The SMILES string of the molecule is CCCCCCCCOc1[c-]cccc1.Cl.[CH2-]CCC.[Mg+2]. The molecule has 0 aliphatic heterocycles. The van der Waals surface area contributed by atoms with Gasteiger partial charge in [-0.2, -0.15) is 24.6 Å². The fourth-order valence-corrected chi connectivity index (χ4v) is 1.53. The summed E-state index contributed by atoms with van der Waals surface area (Å²) in [4.78, 5) is 0. The molecular weight excluding hydrogens is 292 g/mol. The Balaban J connectivity index is -0.000000482. The Hall–Kier alpha value is 0.0762. The van der Waals surface area contributed by atoms with Crippen molar-refractivity contribution in [1.29, 1.82) is 0 Å². The summed E-state index contributed by atoms with van der Waals surface area (Å²) in [5.74, 6) is 0.867. The number of para-hydroxylation sites is 1. The molecule has 0 aliphatic carbocycles. The fraction of sp³-hybridized carbons (Fsp3) is 0.611. The Morgan fingerprint density at radius 3 is 2.14 bits per heavy atom. The van der Waals surface area contributed by atoms with Crippen LogP contribution in [0.15, 0.2) is 24.3 Å². The predicted molar refractivity (Wildman–Crippen MR) is 97.4 cm³/mol. The van der Waals surface area contributed by atoms with Gasteiger partial charge in [0.2, 0.25) is 0 Å². The topological polar surface area (TPSA) is 9.23 Å². The number of rotatable bonds is 9. The van der Waals surface area contributed by atoms with E-state index in [1.807, 2.05) is 24.3 Å². The third kappa shape index (κ3) is 20.1. The van der Waals surface area contributed by atoms with Gasteiger partial charge in [-0.1, -0.05) is 52.4 Å². The zero-order valence-corrected chi connectivity index (χ0v) is 16.1. The van der Waals surface area contributed by atoms with Crippen LogP contribution >= 0.6 is 12.4 Å². The van der Waals surface area contributed by atoms with Crippen molar-refractivity contribution in [3.05, 3.63) is 37.3 Å². The number of hydrogen-bond donors (Lipinski definition) is 0. The molecule has 21 heavy (non-hydrogen) atoms. The smallest absolute Gasteiger partial charge is 0.519 e. The van der Waals surface area contributed by atoms with Crippen LogP contribution in [0, 0.1) is 13.0 Å². The Labute approximate surface area is 154 Å². The molecule has 0 unspecified atom stereocenters. The first-order valence-electron chi connectivity index (χ1n) is 7.73. The zero-order valence-electron chi connectivity index (χ0n) is 13.9. The molecule has 0 heterocycles. The van der Waals surface area contributed by atoms with Crippen molar-refractivity contribution in [2.24, 2.45) is 0 Å². The summed E-state index contributed by atoms with van der Waals surface area (Å²) in [6.45, 7) is 8.79. The maximum atomic E-state index is 5.56. The van der Waals surface area contributed by atoms with Gasteiger partial charge in [0.1, 0.15) is 0 Å². The van der Waals surface area contributed by atoms with Gasteiger partial charge in [-0.15, -0.1) is 24.5 Å².